The number of benzene rings is 1. The lowest BCUT2D eigenvalue weighted by Crippen LogP contribution is -2.42. The normalized spacial score (nSPS) is 11.5. The molecule has 4 N–H and O–H groups in total. The molecule has 20 heavy (non-hydrogen) atoms. The average Bonchev–Trinajstić information content (AvgIpc) is 2.35. The lowest BCUT2D eigenvalue weighted by molar-refractivity contribution is -0.137. The quantitative estimate of drug-likeness (QED) is 0.444. The molecule has 1 rings (SSSR count). The van der Waals surface area contributed by atoms with Gasteiger partial charge in [-0.15, -0.1) is 12.4 Å². The SMILES string of the molecule is Cl.N/C(=N\F)NC(=O)NCc1cccc(C(F)(F)F)c1. The smallest absolute Gasteiger partial charge is 0.367 e. The van der Waals surface area contributed by atoms with E-state index in [4.69, 9.17) is 5.73 Å². The first-order valence-corrected chi connectivity index (χ1v) is 4.98. The molecule has 0 aliphatic carbocycles. The minimum atomic E-state index is -4.45. The number of nitrogens with one attached hydrogen (secondary N) is 2. The number of amides is 2. The number of nitrogens with zero attached hydrogens (tertiary/aromatic N) is 1. The Morgan fingerprint density at radius 3 is 2.55 bits per heavy atom. The van der Waals surface area contributed by atoms with Crippen LogP contribution in [-0.4, -0.2) is 12.0 Å². The van der Waals surface area contributed by atoms with Crippen molar-refractivity contribution < 1.29 is 22.4 Å². The highest BCUT2D eigenvalue weighted by Gasteiger charge is 2.30. The molecule has 0 atom stereocenters. The van der Waals surface area contributed by atoms with Gasteiger partial charge in [-0.05, 0) is 17.7 Å². The number of rotatable bonds is 2. The standard InChI is InChI=1S/C10H10F4N4O.ClH/c11-10(12,13)7-3-1-2-6(4-7)5-16-9(19)17-8(15)18-14;/h1-4H,5H2,(H4,15,16,17,18,19);1H. The second-order valence-corrected chi connectivity index (χ2v) is 3.48. The van der Waals surface area contributed by atoms with Gasteiger partial charge in [-0.25, -0.2) is 4.79 Å². The van der Waals surface area contributed by atoms with E-state index in [-0.39, 0.29) is 24.5 Å². The zero-order valence-electron chi connectivity index (χ0n) is 9.87. The van der Waals surface area contributed by atoms with E-state index in [0.29, 0.717) is 0 Å². The van der Waals surface area contributed by atoms with Gasteiger partial charge in [0.15, 0.2) is 0 Å². The van der Waals surface area contributed by atoms with Crippen LogP contribution in [0.2, 0.25) is 0 Å². The van der Waals surface area contributed by atoms with Gasteiger partial charge in [0, 0.05) is 6.54 Å². The highest BCUT2D eigenvalue weighted by atomic mass is 35.5. The molecule has 0 fully saturated rings. The largest absolute Gasteiger partial charge is 0.416 e. The Hall–Kier alpha value is -2.03. The van der Waals surface area contributed by atoms with Crippen LogP contribution in [0.3, 0.4) is 0 Å². The Morgan fingerprint density at radius 1 is 1.35 bits per heavy atom. The van der Waals surface area contributed by atoms with Gasteiger partial charge in [0.25, 0.3) is 0 Å². The fourth-order valence-corrected chi connectivity index (χ4v) is 1.22. The Balaban J connectivity index is 0.00000361. The van der Waals surface area contributed by atoms with E-state index in [1.54, 1.807) is 0 Å². The van der Waals surface area contributed by atoms with E-state index in [9.17, 15) is 22.4 Å². The number of guanidine groups is 1. The van der Waals surface area contributed by atoms with Crippen molar-refractivity contribution in [3.8, 4) is 0 Å². The van der Waals surface area contributed by atoms with Gasteiger partial charge in [-0.3, -0.25) is 5.32 Å². The summed E-state index contributed by atoms with van der Waals surface area (Å²) in [5.41, 5.74) is 4.29. The third-order valence-corrected chi connectivity index (χ3v) is 2.04. The summed E-state index contributed by atoms with van der Waals surface area (Å²) in [5, 5.41) is 6.03. The Kier molecular flexibility index (Phi) is 6.77. The van der Waals surface area contributed by atoms with Gasteiger partial charge in [-0.2, -0.15) is 13.2 Å². The zero-order chi connectivity index (χ0) is 14.5. The molecule has 0 saturated heterocycles. The van der Waals surface area contributed by atoms with Crippen LogP contribution < -0.4 is 16.4 Å². The Bertz CT molecular complexity index is 492. The van der Waals surface area contributed by atoms with Crippen LogP contribution in [0.4, 0.5) is 22.4 Å². The molecule has 0 heterocycles. The fraction of sp³-hybridized carbons (Fsp3) is 0.200. The van der Waals surface area contributed by atoms with Crippen molar-refractivity contribution in [1.82, 2.24) is 10.6 Å². The molecular weight excluding hydrogens is 304 g/mol. The summed E-state index contributed by atoms with van der Waals surface area (Å²) in [6.45, 7) is -0.171. The summed E-state index contributed by atoms with van der Waals surface area (Å²) >= 11 is 0. The molecule has 1 aromatic carbocycles. The summed E-state index contributed by atoms with van der Waals surface area (Å²) in [5.74, 6) is -0.749. The summed E-state index contributed by atoms with van der Waals surface area (Å²) in [6, 6.07) is 3.55. The fourth-order valence-electron chi connectivity index (χ4n) is 1.22. The molecule has 0 spiro atoms. The third kappa shape index (κ3) is 5.74. The van der Waals surface area contributed by atoms with Crippen molar-refractivity contribution in [2.75, 3.05) is 0 Å². The van der Waals surface area contributed by atoms with E-state index in [1.807, 2.05) is 10.5 Å². The molecule has 112 valence electrons. The first-order valence-electron chi connectivity index (χ1n) is 4.98. The molecule has 0 saturated carbocycles. The van der Waals surface area contributed by atoms with Crippen LogP contribution in [0.15, 0.2) is 29.5 Å². The topological polar surface area (TPSA) is 79.5 Å². The van der Waals surface area contributed by atoms with Crippen molar-refractivity contribution in [2.24, 2.45) is 10.9 Å². The number of nitrogens with two attached hydrogens (primary N) is 1. The summed E-state index contributed by atoms with van der Waals surface area (Å²) < 4.78 is 48.8. The van der Waals surface area contributed by atoms with Crippen LogP contribution in [0.5, 0.6) is 0 Å². The van der Waals surface area contributed by atoms with Crippen LogP contribution in [0.25, 0.3) is 0 Å². The number of carbonyl (C=O) groups is 1. The van der Waals surface area contributed by atoms with Crippen molar-refractivity contribution in [3.05, 3.63) is 35.4 Å². The van der Waals surface area contributed by atoms with Crippen LogP contribution >= 0.6 is 12.4 Å². The van der Waals surface area contributed by atoms with Gasteiger partial charge in [-0.1, -0.05) is 21.8 Å². The van der Waals surface area contributed by atoms with E-state index >= 15 is 0 Å². The monoisotopic (exact) mass is 314 g/mol. The molecule has 5 nitrogen and oxygen atoms in total. The first-order chi connectivity index (χ1) is 8.82. The predicted octanol–water partition coefficient (Wildman–Crippen LogP) is 2.13. The van der Waals surface area contributed by atoms with Crippen LogP contribution in [-0.2, 0) is 12.7 Å². The molecule has 1 aromatic rings. The Labute approximate surface area is 117 Å². The van der Waals surface area contributed by atoms with Crippen molar-refractivity contribution in [1.29, 1.82) is 0 Å². The summed E-state index contributed by atoms with van der Waals surface area (Å²) in [7, 11) is 0. The number of hydrogen-bond donors (Lipinski definition) is 3. The van der Waals surface area contributed by atoms with Crippen LogP contribution in [0, 0.1) is 0 Å². The lowest BCUT2D eigenvalue weighted by Gasteiger charge is -2.09. The zero-order valence-corrected chi connectivity index (χ0v) is 10.7. The molecule has 0 aliphatic heterocycles. The number of urea groups is 1. The lowest BCUT2D eigenvalue weighted by atomic mass is 10.1. The number of hydrogen-bond acceptors (Lipinski definition) is 2. The van der Waals surface area contributed by atoms with Crippen molar-refractivity contribution in [3.63, 3.8) is 0 Å². The molecule has 0 aliphatic rings. The minimum absolute atomic E-state index is 0. The molecular formula is C10H11ClF4N4O. The number of carbonyl (C=O) groups excluding carboxylic acids is 1. The van der Waals surface area contributed by atoms with Crippen molar-refractivity contribution in [2.45, 2.75) is 12.7 Å². The maximum Gasteiger partial charge on any atom is 0.416 e. The third-order valence-electron chi connectivity index (χ3n) is 2.04. The molecule has 2 amide bonds. The van der Waals surface area contributed by atoms with E-state index in [1.165, 1.54) is 12.1 Å². The number of halogens is 5. The minimum Gasteiger partial charge on any atom is -0.367 e. The molecule has 0 bridgehead atoms. The molecule has 0 aromatic heterocycles. The molecule has 0 radical (unpaired) electrons. The Morgan fingerprint density at radius 2 is 2.00 bits per heavy atom. The summed E-state index contributed by atoms with van der Waals surface area (Å²) in [4.78, 5) is 11.1. The van der Waals surface area contributed by atoms with Gasteiger partial charge >= 0.3 is 12.2 Å². The second kappa shape index (κ2) is 7.53. The van der Waals surface area contributed by atoms with Gasteiger partial charge in [0.05, 0.1) is 5.56 Å². The van der Waals surface area contributed by atoms with Gasteiger partial charge in [0.1, 0.15) is 0 Å². The molecule has 10 heteroatoms. The first kappa shape index (κ1) is 18.0. The predicted molar refractivity (Wildman–Crippen MR) is 66.8 cm³/mol. The number of alkyl halides is 3. The molecule has 0 unspecified atom stereocenters. The highest BCUT2D eigenvalue weighted by Crippen LogP contribution is 2.29. The maximum absolute atomic E-state index is 12.4. The maximum atomic E-state index is 12.4. The van der Waals surface area contributed by atoms with Crippen molar-refractivity contribution >= 4 is 24.4 Å². The van der Waals surface area contributed by atoms with E-state index in [2.05, 4.69) is 5.32 Å². The van der Waals surface area contributed by atoms with E-state index < -0.39 is 23.7 Å². The average molecular weight is 315 g/mol. The van der Waals surface area contributed by atoms with Crippen LogP contribution in [0.1, 0.15) is 11.1 Å². The summed E-state index contributed by atoms with van der Waals surface area (Å²) in [6.07, 6.45) is -4.45. The van der Waals surface area contributed by atoms with Gasteiger partial charge in [0.2, 0.25) is 5.96 Å². The second-order valence-electron chi connectivity index (χ2n) is 3.48. The van der Waals surface area contributed by atoms with E-state index in [0.717, 1.165) is 12.1 Å². The van der Waals surface area contributed by atoms with Gasteiger partial charge < -0.3 is 11.1 Å². The highest BCUT2D eigenvalue weighted by molar-refractivity contribution is 5.94.